The zero-order valence-corrected chi connectivity index (χ0v) is 12.1. The third-order valence-electron chi connectivity index (χ3n) is 3.29. The summed E-state index contributed by atoms with van der Waals surface area (Å²) in [7, 11) is 1.89. The molecular weight excluding hydrogens is 240 g/mol. The first-order valence-corrected chi connectivity index (χ1v) is 7.06. The fraction of sp³-hybridized carbons (Fsp3) is 0.714. The van der Waals surface area contributed by atoms with E-state index in [9.17, 15) is 0 Å². The smallest absolute Gasteiger partial charge is 0.135 e. The first-order valence-electron chi connectivity index (χ1n) is 7.06. The Morgan fingerprint density at radius 3 is 2.68 bits per heavy atom. The molecule has 0 bridgehead atoms. The number of hydrogen-bond acceptors (Lipinski definition) is 5. The van der Waals surface area contributed by atoms with Gasteiger partial charge in [0.25, 0.3) is 0 Å². The molecule has 0 amide bonds. The van der Waals surface area contributed by atoms with Crippen LogP contribution in [0.25, 0.3) is 0 Å². The van der Waals surface area contributed by atoms with Crippen molar-refractivity contribution in [1.82, 2.24) is 9.97 Å². The fourth-order valence-corrected chi connectivity index (χ4v) is 2.06. The number of nitrogens with zero attached hydrogens (tertiary/aromatic N) is 2. The molecule has 0 saturated heterocycles. The van der Waals surface area contributed by atoms with Crippen LogP contribution in [0.1, 0.15) is 38.2 Å². The molecule has 0 unspecified atom stereocenters. The largest absolute Gasteiger partial charge is 0.379 e. The highest BCUT2D eigenvalue weighted by Gasteiger charge is 2.21. The monoisotopic (exact) mass is 264 g/mol. The second-order valence-corrected chi connectivity index (χ2v) is 5.33. The molecular formula is C14H24N4O. The number of hydrogen-bond donors (Lipinski definition) is 2. The second kappa shape index (κ2) is 6.70. The summed E-state index contributed by atoms with van der Waals surface area (Å²) in [6.45, 7) is 6.71. The van der Waals surface area contributed by atoms with E-state index in [1.54, 1.807) is 6.33 Å². The number of aromatic nitrogens is 2. The van der Waals surface area contributed by atoms with Gasteiger partial charge >= 0.3 is 0 Å². The van der Waals surface area contributed by atoms with Crippen molar-refractivity contribution in [3.8, 4) is 0 Å². The fourth-order valence-electron chi connectivity index (χ4n) is 2.06. The van der Waals surface area contributed by atoms with Gasteiger partial charge in [-0.1, -0.05) is 13.8 Å². The Hall–Kier alpha value is -1.36. The van der Waals surface area contributed by atoms with Crippen LogP contribution in [-0.4, -0.2) is 36.8 Å². The number of nitrogens with one attached hydrogen (secondary N) is 2. The molecule has 19 heavy (non-hydrogen) atoms. The third kappa shape index (κ3) is 4.06. The predicted molar refractivity (Wildman–Crippen MR) is 77.7 cm³/mol. The summed E-state index contributed by atoms with van der Waals surface area (Å²) in [6.07, 6.45) is 4.26. The van der Waals surface area contributed by atoms with Crippen LogP contribution in [0, 0.1) is 5.92 Å². The molecule has 1 aliphatic carbocycles. The molecule has 1 aromatic heterocycles. The van der Waals surface area contributed by atoms with Gasteiger partial charge in [0.05, 0.1) is 6.61 Å². The maximum Gasteiger partial charge on any atom is 0.135 e. The van der Waals surface area contributed by atoms with E-state index in [1.165, 1.54) is 12.8 Å². The van der Waals surface area contributed by atoms with E-state index in [4.69, 9.17) is 4.74 Å². The molecule has 0 spiro atoms. The van der Waals surface area contributed by atoms with Crippen molar-refractivity contribution >= 4 is 11.6 Å². The van der Waals surface area contributed by atoms with Gasteiger partial charge in [0.1, 0.15) is 18.0 Å². The zero-order chi connectivity index (χ0) is 13.7. The quantitative estimate of drug-likeness (QED) is 0.706. The van der Waals surface area contributed by atoms with Gasteiger partial charge in [0.15, 0.2) is 0 Å². The minimum Gasteiger partial charge on any atom is -0.379 e. The van der Waals surface area contributed by atoms with Gasteiger partial charge < -0.3 is 15.4 Å². The van der Waals surface area contributed by atoms with Gasteiger partial charge in [-0.3, -0.25) is 0 Å². The highest BCUT2D eigenvalue weighted by Crippen LogP contribution is 2.29. The molecule has 2 N–H and O–H groups in total. The summed E-state index contributed by atoms with van der Waals surface area (Å²) in [5, 5.41) is 6.47. The molecule has 1 saturated carbocycles. The molecule has 0 radical (unpaired) electrons. The van der Waals surface area contributed by atoms with E-state index in [-0.39, 0.29) is 0 Å². The zero-order valence-electron chi connectivity index (χ0n) is 12.1. The van der Waals surface area contributed by atoms with Crippen molar-refractivity contribution in [3.05, 3.63) is 11.9 Å². The summed E-state index contributed by atoms with van der Waals surface area (Å²) in [4.78, 5) is 8.60. The Morgan fingerprint density at radius 1 is 1.32 bits per heavy atom. The van der Waals surface area contributed by atoms with Crippen molar-refractivity contribution in [2.45, 2.75) is 32.6 Å². The molecule has 5 nitrogen and oxygen atoms in total. The van der Waals surface area contributed by atoms with Gasteiger partial charge in [-0.15, -0.1) is 0 Å². The van der Waals surface area contributed by atoms with Crippen LogP contribution in [0.5, 0.6) is 0 Å². The lowest BCUT2D eigenvalue weighted by molar-refractivity contribution is 0.134. The average molecular weight is 264 g/mol. The highest BCUT2D eigenvalue weighted by molar-refractivity contribution is 5.58. The molecule has 1 fully saturated rings. The number of ether oxygens (including phenoxy) is 1. The van der Waals surface area contributed by atoms with E-state index in [1.807, 2.05) is 7.05 Å². The number of rotatable bonds is 8. The van der Waals surface area contributed by atoms with Crippen molar-refractivity contribution in [2.24, 2.45) is 5.92 Å². The Bertz CT molecular complexity index is 404. The summed E-state index contributed by atoms with van der Waals surface area (Å²) in [6, 6.07) is 0. The Balaban J connectivity index is 1.86. The third-order valence-corrected chi connectivity index (χ3v) is 3.29. The van der Waals surface area contributed by atoms with Gasteiger partial charge in [-0.2, -0.15) is 0 Å². The van der Waals surface area contributed by atoms with Crippen LogP contribution >= 0.6 is 0 Å². The summed E-state index contributed by atoms with van der Waals surface area (Å²) in [5.74, 6) is 3.00. The van der Waals surface area contributed by atoms with Crippen LogP contribution in [0.3, 0.4) is 0 Å². The summed E-state index contributed by atoms with van der Waals surface area (Å²) in [5.41, 5.74) is 1.13. The standard InChI is InChI=1S/C14H24N4O/c1-10(2)12-13(15-3)17-9-18-14(12)16-6-7-19-8-11-4-5-11/h9-11H,4-8H2,1-3H3,(H2,15,16,17,18). The normalized spacial score (nSPS) is 14.7. The molecule has 1 heterocycles. The average Bonchev–Trinajstić information content (AvgIpc) is 3.21. The van der Waals surface area contributed by atoms with Crippen molar-refractivity contribution < 1.29 is 4.74 Å². The van der Waals surface area contributed by atoms with Gasteiger partial charge in [0, 0.05) is 25.8 Å². The topological polar surface area (TPSA) is 59.1 Å². The Morgan fingerprint density at radius 2 is 2.05 bits per heavy atom. The van der Waals surface area contributed by atoms with E-state index < -0.39 is 0 Å². The van der Waals surface area contributed by atoms with Crippen molar-refractivity contribution in [2.75, 3.05) is 37.4 Å². The first kappa shape index (κ1) is 14.1. The minimum atomic E-state index is 0.374. The van der Waals surface area contributed by atoms with Gasteiger partial charge in [0.2, 0.25) is 0 Å². The summed E-state index contributed by atoms with van der Waals surface area (Å²) < 4.78 is 5.61. The molecule has 1 aromatic rings. The molecule has 0 atom stereocenters. The second-order valence-electron chi connectivity index (χ2n) is 5.33. The predicted octanol–water partition coefficient (Wildman–Crippen LogP) is 2.48. The summed E-state index contributed by atoms with van der Waals surface area (Å²) >= 11 is 0. The van der Waals surface area contributed by atoms with E-state index in [0.717, 1.165) is 42.9 Å². The van der Waals surface area contributed by atoms with Crippen LogP contribution in [0.2, 0.25) is 0 Å². The highest BCUT2D eigenvalue weighted by atomic mass is 16.5. The van der Waals surface area contributed by atoms with Crippen LogP contribution in [0.4, 0.5) is 11.6 Å². The van der Waals surface area contributed by atoms with Gasteiger partial charge in [-0.05, 0) is 24.7 Å². The molecule has 106 valence electrons. The van der Waals surface area contributed by atoms with Crippen LogP contribution in [0.15, 0.2) is 6.33 Å². The van der Waals surface area contributed by atoms with Gasteiger partial charge in [-0.25, -0.2) is 9.97 Å². The minimum absolute atomic E-state index is 0.374. The Labute approximate surface area is 115 Å². The molecule has 0 aliphatic heterocycles. The van der Waals surface area contributed by atoms with E-state index in [0.29, 0.717) is 5.92 Å². The lowest BCUT2D eigenvalue weighted by Crippen LogP contribution is -2.14. The SMILES string of the molecule is CNc1ncnc(NCCOCC2CC2)c1C(C)C. The molecule has 0 aromatic carbocycles. The first-order chi connectivity index (χ1) is 9.22. The molecule has 2 rings (SSSR count). The lowest BCUT2D eigenvalue weighted by Gasteiger charge is -2.16. The maximum absolute atomic E-state index is 5.61. The van der Waals surface area contributed by atoms with Crippen LogP contribution in [-0.2, 0) is 4.74 Å². The van der Waals surface area contributed by atoms with E-state index >= 15 is 0 Å². The lowest BCUT2D eigenvalue weighted by atomic mass is 10.0. The van der Waals surface area contributed by atoms with Crippen LogP contribution < -0.4 is 10.6 Å². The maximum atomic E-state index is 5.61. The number of anilines is 2. The molecule has 5 heteroatoms. The Kier molecular flexibility index (Phi) is 4.96. The van der Waals surface area contributed by atoms with E-state index in [2.05, 4.69) is 34.4 Å². The van der Waals surface area contributed by atoms with Crippen molar-refractivity contribution in [3.63, 3.8) is 0 Å². The van der Waals surface area contributed by atoms with Crippen molar-refractivity contribution in [1.29, 1.82) is 0 Å². The molecule has 1 aliphatic rings.